The SMILES string of the molecule is C=N/C(=C\C=C(/C)C(=O)O)CN1CCN(c2ccc3c(c2)C(=O)N(C2CCC(=O)NC2=O)C3=O)CC1. The first kappa shape index (κ1) is 25.0. The van der Waals surface area contributed by atoms with Gasteiger partial charge in [-0.25, -0.2) is 4.79 Å². The summed E-state index contributed by atoms with van der Waals surface area (Å²) in [5.74, 6) is -3.08. The maximum atomic E-state index is 13.1. The number of allylic oxidation sites excluding steroid dienone is 2. The van der Waals surface area contributed by atoms with Crippen LogP contribution in [0.1, 0.15) is 40.5 Å². The smallest absolute Gasteiger partial charge is 0.331 e. The minimum atomic E-state index is -0.989. The molecule has 0 saturated carbocycles. The Bertz CT molecular complexity index is 1210. The molecule has 0 spiro atoms. The Hall–Kier alpha value is -4.12. The number of aliphatic carboxylic acids is 1. The molecule has 11 nitrogen and oxygen atoms in total. The highest BCUT2D eigenvalue weighted by atomic mass is 16.4. The van der Waals surface area contributed by atoms with E-state index in [2.05, 4.69) is 26.8 Å². The number of hydrogen-bond donors (Lipinski definition) is 2. The fraction of sp³-hybridized carbons (Fsp3) is 0.360. The average molecular weight is 494 g/mol. The van der Waals surface area contributed by atoms with Crippen LogP contribution in [0, 0.1) is 0 Å². The summed E-state index contributed by atoms with van der Waals surface area (Å²) in [6.45, 7) is 8.37. The quantitative estimate of drug-likeness (QED) is 0.246. The van der Waals surface area contributed by atoms with Gasteiger partial charge in [-0.3, -0.25) is 39.3 Å². The molecule has 188 valence electrons. The summed E-state index contributed by atoms with van der Waals surface area (Å²) in [7, 11) is 0. The van der Waals surface area contributed by atoms with E-state index in [9.17, 15) is 24.0 Å². The Labute approximate surface area is 207 Å². The molecule has 36 heavy (non-hydrogen) atoms. The van der Waals surface area contributed by atoms with Crippen molar-refractivity contribution in [1.29, 1.82) is 0 Å². The number of carboxylic acid groups (broad SMARTS) is 1. The standard InChI is InChI=1S/C25H27N5O6/c1-15(25(35)36)3-4-16(26-2)14-28-9-11-29(12-10-28)17-5-6-18-19(13-17)24(34)30(23(18)33)20-7-8-21(31)27-22(20)32/h3-6,13,20H,2,7-12,14H2,1H3,(H,35,36)(H,27,31,32)/b15-3+,16-4-. The number of nitrogens with zero attached hydrogens (tertiary/aromatic N) is 4. The summed E-state index contributed by atoms with van der Waals surface area (Å²) in [6.07, 6.45) is 3.35. The van der Waals surface area contributed by atoms with Gasteiger partial charge >= 0.3 is 5.97 Å². The molecule has 2 N–H and O–H groups in total. The molecule has 2 fully saturated rings. The lowest BCUT2D eigenvalue weighted by Gasteiger charge is -2.36. The van der Waals surface area contributed by atoms with Crippen molar-refractivity contribution in [2.75, 3.05) is 37.6 Å². The van der Waals surface area contributed by atoms with Crippen LogP contribution in [-0.2, 0) is 14.4 Å². The topological polar surface area (TPSA) is 140 Å². The molecule has 2 saturated heterocycles. The van der Waals surface area contributed by atoms with Crippen molar-refractivity contribution in [3.8, 4) is 0 Å². The second-order valence-electron chi connectivity index (χ2n) is 8.91. The summed E-state index contributed by atoms with van der Waals surface area (Å²) < 4.78 is 0. The van der Waals surface area contributed by atoms with Crippen molar-refractivity contribution in [3.63, 3.8) is 0 Å². The number of piperazine rings is 1. The molecular formula is C25H27N5O6. The molecular weight excluding hydrogens is 466 g/mol. The Kier molecular flexibility index (Phi) is 7.11. The van der Waals surface area contributed by atoms with Gasteiger partial charge in [0.15, 0.2) is 0 Å². The van der Waals surface area contributed by atoms with Crippen molar-refractivity contribution >= 4 is 42.0 Å². The molecule has 3 aliphatic rings. The van der Waals surface area contributed by atoms with Gasteiger partial charge in [0, 0.05) is 50.4 Å². The molecule has 1 aromatic carbocycles. The van der Waals surface area contributed by atoms with E-state index in [4.69, 9.17) is 5.11 Å². The van der Waals surface area contributed by atoms with Crippen LogP contribution in [0.3, 0.4) is 0 Å². The minimum Gasteiger partial charge on any atom is -0.478 e. The van der Waals surface area contributed by atoms with Crippen LogP contribution in [0.5, 0.6) is 0 Å². The molecule has 1 atom stereocenters. The van der Waals surface area contributed by atoms with Crippen LogP contribution >= 0.6 is 0 Å². The van der Waals surface area contributed by atoms with Gasteiger partial charge in [-0.2, -0.15) is 0 Å². The number of benzene rings is 1. The first-order valence-corrected chi connectivity index (χ1v) is 11.6. The molecule has 0 aliphatic carbocycles. The van der Waals surface area contributed by atoms with Gasteiger partial charge in [-0.15, -0.1) is 0 Å². The van der Waals surface area contributed by atoms with E-state index in [0.717, 1.165) is 10.6 Å². The van der Waals surface area contributed by atoms with E-state index in [1.54, 1.807) is 24.3 Å². The van der Waals surface area contributed by atoms with E-state index in [-0.39, 0.29) is 29.5 Å². The third-order valence-electron chi connectivity index (χ3n) is 6.61. The van der Waals surface area contributed by atoms with Gasteiger partial charge in [-0.05, 0) is 44.3 Å². The zero-order chi connectivity index (χ0) is 26.0. The fourth-order valence-electron chi connectivity index (χ4n) is 4.50. The van der Waals surface area contributed by atoms with Gasteiger partial charge in [-0.1, -0.05) is 6.08 Å². The monoisotopic (exact) mass is 493 g/mol. The Morgan fingerprint density at radius 3 is 2.44 bits per heavy atom. The summed E-state index contributed by atoms with van der Waals surface area (Å²) >= 11 is 0. The van der Waals surface area contributed by atoms with Crippen LogP contribution in [0.4, 0.5) is 5.69 Å². The van der Waals surface area contributed by atoms with Crippen LogP contribution in [0.15, 0.2) is 46.6 Å². The molecule has 0 bridgehead atoms. The van der Waals surface area contributed by atoms with Crippen molar-refractivity contribution in [1.82, 2.24) is 15.1 Å². The summed E-state index contributed by atoms with van der Waals surface area (Å²) in [5, 5.41) is 11.2. The number of nitrogens with one attached hydrogen (secondary N) is 1. The van der Waals surface area contributed by atoms with Crippen molar-refractivity contribution in [2.24, 2.45) is 4.99 Å². The first-order chi connectivity index (χ1) is 17.2. The fourth-order valence-corrected chi connectivity index (χ4v) is 4.50. The first-order valence-electron chi connectivity index (χ1n) is 11.6. The van der Waals surface area contributed by atoms with Crippen LogP contribution < -0.4 is 10.2 Å². The highest BCUT2D eigenvalue weighted by molar-refractivity contribution is 6.23. The van der Waals surface area contributed by atoms with Crippen LogP contribution in [0.25, 0.3) is 0 Å². The number of imide groups is 2. The maximum absolute atomic E-state index is 13.1. The summed E-state index contributed by atoms with van der Waals surface area (Å²) in [6, 6.07) is 4.11. The zero-order valence-corrected chi connectivity index (χ0v) is 19.9. The van der Waals surface area contributed by atoms with Gasteiger partial charge in [0.1, 0.15) is 6.04 Å². The van der Waals surface area contributed by atoms with Gasteiger partial charge in [0.2, 0.25) is 11.8 Å². The lowest BCUT2D eigenvalue weighted by Crippen LogP contribution is -2.54. The normalized spacial score (nSPS) is 21.5. The third-order valence-corrected chi connectivity index (χ3v) is 6.61. The Morgan fingerprint density at radius 2 is 1.81 bits per heavy atom. The van der Waals surface area contributed by atoms with E-state index < -0.39 is 35.6 Å². The predicted molar refractivity (Wildman–Crippen MR) is 131 cm³/mol. The minimum absolute atomic E-state index is 0.0765. The van der Waals surface area contributed by atoms with Gasteiger partial charge in [0.25, 0.3) is 11.8 Å². The number of anilines is 1. The van der Waals surface area contributed by atoms with Crippen LogP contribution in [-0.4, -0.2) is 90.0 Å². The number of carbonyl (C=O) groups excluding carboxylic acids is 4. The highest BCUT2D eigenvalue weighted by Gasteiger charge is 2.44. The van der Waals surface area contributed by atoms with E-state index in [1.165, 1.54) is 13.0 Å². The largest absolute Gasteiger partial charge is 0.478 e. The highest BCUT2D eigenvalue weighted by Crippen LogP contribution is 2.31. The van der Waals surface area contributed by atoms with E-state index in [1.807, 2.05) is 0 Å². The maximum Gasteiger partial charge on any atom is 0.331 e. The predicted octanol–water partition coefficient (Wildman–Crippen LogP) is 0.825. The van der Waals surface area contributed by atoms with Crippen molar-refractivity contribution in [3.05, 3.63) is 52.7 Å². The van der Waals surface area contributed by atoms with Gasteiger partial charge < -0.3 is 10.0 Å². The van der Waals surface area contributed by atoms with Crippen LogP contribution in [0.2, 0.25) is 0 Å². The molecule has 4 rings (SSSR count). The zero-order valence-electron chi connectivity index (χ0n) is 19.9. The number of piperidine rings is 1. The number of fused-ring (bicyclic) bond motifs is 1. The van der Waals surface area contributed by atoms with E-state index in [0.29, 0.717) is 38.4 Å². The number of rotatable bonds is 7. The van der Waals surface area contributed by atoms with E-state index >= 15 is 0 Å². The number of carbonyl (C=O) groups is 5. The Balaban J connectivity index is 1.41. The molecule has 11 heteroatoms. The lowest BCUT2D eigenvalue weighted by molar-refractivity contribution is -0.136. The van der Waals surface area contributed by atoms with Crippen molar-refractivity contribution < 1.29 is 29.1 Å². The third kappa shape index (κ3) is 4.96. The number of aliphatic imine (C=N–C) groups is 1. The summed E-state index contributed by atoms with van der Waals surface area (Å²) in [4.78, 5) is 69.9. The molecule has 1 unspecified atom stereocenters. The number of hydrogen-bond acceptors (Lipinski definition) is 8. The molecule has 0 radical (unpaired) electrons. The van der Waals surface area contributed by atoms with Gasteiger partial charge in [0.05, 0.1) is 16.8 Å². The second kappa shape index (κ2) is 10.2. The van der Waals surface area contributed by atoms with Crippen molar-refractivity contribution in [2.45, 2.75) is 25.8 Å². The molecule has 1 aromatic rings. The number of amides is 4. The summed E-state index contributed by atoms with van der Waals surface area (Å²) in [5.41, 5.74) is 2.19. The second-order valence-corrected chi connectivity index (χ2v) is 8.91. The number of carboxylic acids is 1. The average Bonchev–Trinajstić information content (AvgIpc) is 3.11. The molecule has 3 heterocycles. The Morgan fingerprint density at radius 1 is 1.11 bits per heavy atom. The lowest BCUT2D eigenvalue weighted by atomic mass is 10.0. The molecule has 3 aliphatic heterocycles. The molecule has 0 aromatic heterocycles. The molecule has 4 amide bonds.